The number of hydrogen-bond donors (Lipinski definition) is 2. The van der Waals surface area contributed by atoms with Gasteiger partial charge < -0.3 is 15.0 Å². The van der Waals surface area contributed by atoms with Crippen molar-refractivity contribution in [3.05, 3.63) is 29.6 Å². The molecule has 7 heteroatoms. The number of aromatic nitrogens is 3. The van der Waals surface area contributed by atoms with Crippen molar-refractivity contribution in [2.75, 3.05) is 11.9 Å². The van der Waals surface area contributed by atoms with Gasteiger partial charge in [-0.25, -0.2) is 4.79 Å². The van der Waals surface area contributed by atoms with Gasteiger partial charge in [0, 0.05) is 18.4 Å². The lowest BCUT2D eigenvalue weighted by atomic mass is 10.1. The molecule has 0 fully saturated rings. The van der Waals surface area contributed by atoms with Crippen LogP contribution in [0.3, 0.4) is 0 Å². The molecule has 0 amide bonds. The van der Waals surface area contributed by atoms with E-state index < -0.39 is 5.97 Å². The second-order valence-corrected chi connectivity index (χ2v) is 5.65. The van der Waals surface area contributed by atoms with Crippen molar-refractivity contribution in [3.8, 4) is 6.07 Å². The summed E-state index contributed by atoms with van der Waals surface area (Å²) in [4.78, 5) is 24.1. The molecule has 0 radical (unpaired) electrons. The lowest BCUT2D eigenvalue weighted by Crippen LogP contribution is -2.15. The van der Waals surface area contributed by atoms with Crippen LogP contribution in [0.1, 0.15) is 36.7 Å². The van der Waals surface area contributed by atoms with Gasteiger partial charge >= 0.3 is 5.97 Å². The normalized spacial score (nSPS) is 11.0. The molecule has 0 aliphatic carbocycles. The lowest BCUT2D eigenvalue weighted by Gasteiger charge is -2.14. The topological polar surface area (TPSA) is 104 Å². The van der Waals surface area contributed by atoms with Gasteiger partial charge in [0.25, 0.3) is 0 Å². The van der Waals surface area contributed by atoms with Gasteiger partial charge in [0.05, 0.1) is 28.9 Å². The van der Waals surface area contributed by atoms with E-state index in [1.165, 1.54) is 12.4 Å². The molecule has 0 atom stereocenters. The van der Waals surface area contributed by atoms with Gasteiger partial charge in [-0.15, -0.1) is 0 Å². The van der Waals surface area contributed by atoms with E-state index in [9.17, 15) is 4.79 Å². The van der Waals surface area contributed by atoms with E-state index in [1.807, 2.05) is 13.8 Å². The first-order chi connectivity index (χ1) is 11.5. The van der Waals surface area contributed by atoms with Gasteiger partial charge in [-0.3, -0.25) is 9.97 Å². The predicted molar refractivity (Wildman–Crippen MR) is 90.8 cm³/mol. The highest BCUT2D eigenvalue weighted by Crippen LogP contribution is 2.31. The second-order valence-electron chi connectivity index (χ2n) is 5.65. The number of ether oxygens (including phenoxy) is 1. The number of anilines is 1. The Labute approximate surface area is 138 Å². The SMILES string of the molecule is CCOC(=O)c1cnc2c([nH]c3cc(C#N)cnc32)c1NC(C)C. The maximum Gasteiger partial charge on any atom is 0.341 e. The number of hydrogen-bond acceptors (Lipinski definition) is 6. The summed E-state index contributed by atoms with van der Waals surface area (Å²) in [6.07, 6.45) is 3.00. The summed E-state index contributed by atoms with van der Waals surface area (Å²) in [7, 11) is 0. The summed E-state index contributed by atoms with van der Waals surface area (Å²) in [5.74, 6) is -0.431. The first kappa shape index (κ1) is 15.7. The van der Waals surface area contributed by atoms with Crippen molar-refractivity contribution >= 4 is 33.7 Å². The van der Waals surface area contributed by atoms with E-state index in [-0.39, 0.29) is 12.6 Å². The number of aromatic amines is 1. The predicted octanol–water partition coefficient (Wildman–Crippen LogP) is 2.98. The number of carbonyl (C=O) groups excluding carboxylic acids is 1. The molecule has 0 saturated carbocycles. The quantitative estimate of drug-likeness (QED) is 0.715. The van der Waals surface area contributed by atoms with Crippen molar-refractivity contribution in [3.63, 3.8) is 0 Å². The summed E-state index contributed by atoms with van der Waals surface area (Å²) in [6, 6.07) is 3.89. The monoisotopic (exact) mass is 323 g/mol. The Hall–Kier alpha value is -3.14. The number of nitrogens with one attached hydrogen (secondary N) is 2. The lowest BCUT2D eigenvalue weighted by molar-refractivity contribution is 0.0527. The van der Waals surface area contributed by atoms with Crippen LogP contribution in [0, 0.1) is 11.3 Å². The maximum atomic E-state index is 12.2. The second kappa shape index (κ2) is 6.16. The number of esters is 1. The van der Waals surface area contributed by atoms with Gasteiger partial charge in [-0.1, -0.05) is 0 Å². The molecule has 24 heavy (non-hydrogen) atoms. The van der Waals surface area contributed by atoms with Crippen molar-refractivity contribution in [1.29, 1.82) is 5.26 Å². The summed E-state index contributed by atoms with van der Waals surface area (Å²) in [5, 5.41) is 12.3. The third kappa shape index (κ3) is 2.63. The first-order valence-corrected chi connectivity index (χ1v) is 7.69. The Kier molecular flexibility index (Phi) is 4.04. The van der Waals surface area contributed by atoms with Crippen molar-refractivity contribution < 1.29 is 9.53 Å². The van der Waals surface area contributed by atoms with Gasteiger partial charge in [0.1, 0.15) is 22.7 Å². The van der Waals surface area contributed by atoms with Gasteiger partial charge in [-0.05, 0) is 26.8 Å². The van der Waals surface area contributed by atoms with E-state index in [1.54, 1.807) is 13.0 Å². The summed E-state index contributed by atoms with van der Waals surface area (Å²) in [5.41, 5.74) is 4.13. The number of rotatable bonds is 4. The number of nitriles is 1. The minimum Gasteiger partial charge on any atom is -0.462 e. The Morgan fingerprint density at radius 1 is 1.38 bits per heavy atom. The molecule has 0 bridgehead atoms. The van der Waals surface area contributed by atoms with Crippen molar-refractivity contribution in [1.82, 2.24) is 15.0 Å². The zero-order valence-corrected chi connectivity index (χ0v) is 13.7. The molecule has 0 aliphatic heterocycles. The third-order valence-electron chi connectivity index (χ3n) is 3.51. The zero-order chi connectivity index (χ0) is 17.3. The fourth-order valence-electron chi connectivity index (χ4n) is 2.56. The highest BCUT2D eigenvalue weighted by Gasteiger charge is 2.20. The number of fused-ring (bicyclic) bond motifs is 3. The minimum atomic E-state index is -0.431. The van der Waals surface area contributed by atoms with E-state index in [0.29, 0.717) is 38.9 Å². The van der Waals surface area contributed by atoms with Crippen LogP contribution in [-0.4, -0.2) is 33.6 Å². The Morgan fingerprint density at radius 3 is 2.79 bits per heavy atom. The molecule has 3 rings (SSSR count). The maximum absolute atomic E-state index is 12.2. The molecule has 0 saturated heterocycles. The summed E-state index contributed by atoms with van der Waals surface area (Å²) < 4.78 is 5.12. The van der Waals surface area contributed by atoms with Crippen LogP contribution in [0.15, 0.2) is 18.5 Å². The average Bonchev–Trinajstić information content (AvgIpc) is 2.93. The highest BCUT2D eigenvalue weighted by molar-refractivity contribution is 6.11. The Bertz CT molecular complexity index is 968. The molecular weight excluding hydrogens is 306 g/mol. The van der Waals surface area contributed by atoms with Crippen LogP contribution < -0.4 is 5.32 Å². The van der Waals surface area contributed by atoms with E-state index in [2.05, 4.69) is 26.3 Å². The summed E-state index contributed by atoms with van der Waals surface area (Å²) >= 11 is 0. The van der Waals surface area contributed by atoms with Crippen LogP contribution in [0.5, 0.6) is 0 Å². The molecule has 0 aromatic carbocycles. The van der Waals surface area contributed by atoms with E-state index in [4.69, 9.17) is 10.00 Å². The fourth-order valence-corrected chi connectivity index (χ4v) is 2.56. The zero-order valence-electron chi connectivity index (χ0n) is 13.7. The molecule has 122 valence electrons. The van der Waals surface area contributed by atoms with Gasteiger partial charge in [-0.2, -0.15) is 5.26 Å². The molecule has 0 spiro atoms. The Morgan fingerprint density at radius 2 is 2.12 bits per heavy atom. The molecule has 3 heterocycles. The van der Waals surface area contributed by atoms with Crippen molar-refractivity contribution in [2.45, 2.75) is 26.8 Å². The largest absolute Gasteiger partial charge is 0.462 e. The van der Waals surface area contributed by atoms with Crippen molar-refractivity contribution in [2.24, 2.45) is 0 Å². The number of H-pyrrole nitrogens is 1. The number of pyridine rings is 2. The van der Waals surface area contributed by atoms with E-state index in [0.717, 1.165) is 0 Å². The number of carbonyl (C=O) groups is 1. The molecule has 7 nitrogen and oxygen atoms in total. The van der Waals surface area contributed by atoms with E-state index >= 15 is 0 Å². The average molecular weight is 323 g/mol. The van der Waals surface area contributed by atoms with Crippen LogP contribution in [0.25, 0.3) is 22.1 Å². The first-order valence-electron chi connectivity index (χ1n) is 7.69. The Balaban J connectivity index is 2.29. The number of nitrogens with zero attached hydrogens (tertiary/aromatic N) is 3. The highest BCUT2D eigenvalue weighted by atomic mass is 16.5. The van der Waals surface area contributed by atoms with Crippen LogP contribution in [-0.2, 0) is 4.74 Å². The van der Waals surface area contributed by atoms with Crippen LogP contribution in [0.4, 0.5) is 5.69 Å². The third-order valence-corrected chi connectivity index (χ3v) is 3.51. The standard InChI is InChI=1S/C17H17N5O2/c1-4-24-17(23)11-8-20-15-14-12(5-10(6-18)7-19-14)22-16(15)13(11)21-9(2)3/h5,7-9,22H,4H2,1-3H3,(H,20,21). The molecule has 2 N–H and O–H groups in total. The van der Waals surface area contributed by atoms with Crippen LogP contribution in [0.2, 0.25) is 0 Å². The minimum absolute atomic E-state index is 0.109. The molecule has 0 aliphatic rings. The fraction of sp³-hybridized carbons (Fsp3) is 0.294. The van der Waals surface area contributed by atoms with Gasteiger partial charge in [0.15, 0.2) is 0 Å². The molecule has 3 aromatic heterocycles. The molecular formula is C17H17N5O2. The smallest absolute Gasteiger partial charge is 0.341 e. The molecule has 3 aromatic rings. The van der Waals surface area contributed by atoms with Gasteiger partial charge in [0.2, 0.25) is 0 Å². The molecule has 0 unspecified atom stereocenters. The van der Waals surface area contributed by atoms with Crippen LogP contribution >= 0.6 is 0 Å². The summed E-state index contributed by atoms with van der Waals surface area (Å²) in [6.45, 7) is 6.01.